The topological polar surface area (TPSA) is 105 Å². The van der Waals surface area contributed by atoms with Crippen LogP contribution in [-0.4, -0.2) is 57.4 Å². The third-order valence-corrected chi connectivity index (χ3v) is 8.59. The van der Waals surface area contributed by atoms with E-state index >= 15 is 0 Å². The molecule has 0 unspecified atom stereocenters. The highest BCUT2D eigenvalue weighted by Crippen LogP contribution is 2.36. The van der Waals surface area contributed by atoms with Crippen LogP contribution < -0.4 is 19.7 Å². The van der Waals surface area contributed by atoms with Gasteiger partial charge in [0.15, 0.2) is 11.5 Å². The normalized spacial score (nSPS) is 22.8. The molecule has 0 saturated carbocycles. The number of nitrogens with one attached hydrogen (secondary N) is 1. The number of rotatable bonds is 5. The largest absolute Gasteiger partial charge is 0.486 e. The van der Waals surface area contributed by atoms with Gasteiger partial charge in [-0.1, -0.05) is 6.92 Å². The molecule has 3 aliphatic rings. The Hall–Kier alpha value is -3.11. The molecular formula is C25H29N3O6S. The number of piperidine rings is 1. The molecule has 5 rings (SSSR count). The van der Waals surface area contributed by atoms with Crippen LogP contribution >= 0.6 is 0 Å². The zero-order chi connectivity index (χ0) is 24.6. The maximum atomic E-state index is 13.0. The lowest BCUT2D eigenvalue weighted by Gasteiger charge is -2.30. The number of nitrogens with zero attached hydrogens (tertiary/aromatic N) is 2. The van der Waals surface area contributed by atoms with Gasteiger partial charge < -0.3 is 19.7 Å². The van der Waals surface area contributed by atoms with Crippen LogP contribution in [0.3, 0.4) is 0 Å². The number of carbonyl (C=O) groups is 2. The van der Waals surface area contributed by atoms with Crippen LogP contribution in [0.5, 0.6) is 11.5 Å². The lowest BCUT2D eigenvalue weighted by Crippen LogP contribution is -2.39. The summed E-state index contributed by atoms with van der Waals surface area (Å²) < 4.78 is 38.6. The zero-order valence-electron chi connectivity index (χ0n) is 19.6. The molecule has 2 fully saturated rings. The quantitative estimate of drug-likeness (QED) is 0.678. The van der Waals surface area contributed by atoms with E-state index in [2.05, 4.69) is 12.2 Å². The van der Waals surface area contributed by atoms with Gasteiger partial charge in [0, 0.05) is 43.5 Å². The molecule has 10 heteroatoms. The molecule has 3 aliphatic heterocycles. The van der Waals surface area contributed by atoms with Crippen molar-refractivity contribution in [1.82, 2.24) is 4.31 Å². The van der Waals surface area contributed by atoms with Gasteiger partial charge >= 0.3 is 0 Å². The molecule has 0 aliphatic carbocycles. The van der Waals surface area contributed by atoms with Crippen molar-refractivity contribution in [2.75, 3.05) is 43.1 Å². The van der Waals surface area contributed by atoms with E-state index < -0.39 is 15.9 Å². The third kappa shape index (κ3) is 4.85. The van der Waals surface area contributed by atoms with Crippen LogP contribution in [0.2, 0.25) is 0 Å². The number of ether oxygens (including phenoxy) is 2. The summed E-state index contributed by atoms with van der Waals surface area (Å²) in [6, 6.07) is 11.5. The van der Waals surface area contributed by atoms with E-state index in [4.69, 9.17) is 9.47 Å². The highest BCUT2D eigenvalue weighted by atomic mass is 32.2. The molecule has 35 heavy (non-hydrogen) atoms. The summed E-state index contributed by atoms with van der Waals surface area (Å²) in [6.45, 7) is 4.30. The Bertz CT molecular complexity index is 1230. The van der Waals surface area contributed by atoms with Crippen molar-refractivity contribution in [2.24, 2.45) is 11.8 Å². The highest BCUT2D eigenvalue weighted by molar-refractivity contribution is 7.89. The minimum Gasteiger partial charge on any atom is -0.486 e. The second kappa shape index (κ2) is 9.50. The molecule has 3 heterocycles. The first-order chi connectivity index (χ1) is 16.8. The summed E-state index contributed by atoms with van der Waals surface area (Å²) in [5, 5.41) is 2.82. The molecule has 2 aromatic carbocycles. The van der Waals surface area contributed by atoms with Crippen molar-refractivity contribution in [3.63, 3.8) is 0 Å². The summed E-state index contributed by atoms with van der Waals surface area (Å²) in [5.41, 5.74) is 1.15. The second-order valence-electron chi connectivity index (χ2n) is 9.36. The molecule has 2 aromatic rings. The number of amides is 2. The Balaban J connectivity index is 1.23. The van der Waals surface area contributed by atoms with Crippen molar-refractivity contribution < 1.29 is 27.5 Å². The Morgan fingerprint density at radius 3 is 2.51 bits per heavy atom. The summed E-state index contributed by atoms with van der Waals surface area (Å²) in [4.78, 5) is 27.3. The number of hydrogen-bond donors (Lipinski definition) is 1. The average Bonchev–Trinajstić information content (AvgIpc) is 3.26. The Labute approximate surface area is 205 Å². The number of hydrogen-bond acceptors (Lipinski definition) is 6. The number of sulfonamides is 1. The number of fused-ring (bicyclic) bond motifs is 1. The van der Waals surface area contributed by atoms with Crippen molar-refractivity contribution in [3.05, 3.63) is 42.5 Å². The third-order valence-electron chi connectivity index (χ3n) is 6.71. The monoisotopic (exact) mass is 499 g/mol. The number of benzene rings is 2. The van der Waals surface area contributed by atoms with Crippen molar-refractivity contribution in [2.45, 2.75) is 31.1 Å². The fourth-order valence-electron chi connectivity index (χ4n) is 4.80. The Morgan fingerprint density at radius 1 is 1.03 bits per heavy atom. The molecule has 0 radical (unpaired) electrons. The molecule has 0 aromatic heterocycles. The second-order valence-corrected chi connectivity index (χ2v) is 11.3. The van der Waals surface area contributed by atoms with E-state index in [-0.39, 0.29) is 29.7 Å². The van der Waals surface area contributed by atoms with E-state index in [1.165, 1.54) is 16.4 Å². The van der Waals surface area contributed by atoms with Crippen molar-refractivity contribution in [1.29, 1.82) is 0 Å². The molecule has 2 amide bonds. The molecule has 0 spiro atoms. The lowest BCUT2D eigenvalue weighted by molar-refractivity contribution is -0.122. The lowest BCUT2D eigenvalue weighted by atomic mass is 10.0. The first kappa shape index (κ1) is 23.6. The summed E-state index contributed by atoms with van der Waals surface area (Å²) in [6.07, 6.45) is 1.99. The molecule has 186 valence electrons. The Morgan fingerprint density at radius 2 is 1.77 bits per heavy atom. The van der Waals surface area contributed by atoms with Crippen LogP contribution in [0.25, 0.3) is 0 Å². The standard InChI is InChI=1S/C25H29N3O6S/c1-17-3-2-10-27(15-17)35(31,32)21-7-4-19(5-8-21)26-25(30)18-13-24(29)28(16-18)20-6-9-22-23(14-20)34-12-11-33-22/h4-9,14,17-18H,2-3,10-13,15-16H2,1H3,(H,26,30)/t17-,18+/m0/s1. The summed E-state index contributed by atoms with van der Waals surface area (Å²) in [5.74, 6) is 0.629. The average molecular weight is 500 g/mol. The number of carbonyl (C=O) groups excluding carboxylic acids is 2. The zero-order valence-corrected chi connectivity index (χ0v) is 20.4. The SMILES string of the molecule is C[C@H]1CCCN(S(=O)(=O)c2ccc(NC(=O)[C@@H]3CC(=O)N(c4ccc5c(c4)OCCO5)C3)cc2)C1. The molecule has 2 atom stereocenters. The number of anilines is 2. The summed E-state index contributed by atoms with van der Waals surface area (Å²) >= 11 is 0. The van der Waals surface area contributed by atoms with Crippen LogP contribution in [-0.2, 0) is 19.6 Å². The van der Waals surface area contributed by atoms with Crippen LogP contribution in [0.15, 0.2) is 47.4 Å². The van der Waals surface area contributed by atoms with Gasteiger partial charge in [0.2, 0.25) is 21.8 Å². The van der Waals surface area contributed by atoms with Crippen molar-refractivity contribution in [3.8, 4) is 11.5 Å². The maximum Gasteiger partial charge on any atom is 0.243 e. The van der Waals surface area contributed by atoms with Gasteiger partial charge in [-0.3, -0.25) is 9.59 Å². The molecule has 1 N–H and O–H groups in total. The fourth-order valence-corrected chi connectivity index (χ4v) is 6.40. The van der Waals surface area contributed by atoms with Gasteiger partial charge in [-0.05, 0) is 55.2 Å². The van der Waals surface area contributed by atoms with Gasteiger partial charge in [-0.2, -0.15) is 4.31 Å². The van der Waals surface area contributed by atoms with Crippen LogP contribution in [0, 0.1) is 11.8 Å². The Kier molecular flexibility index (Phi) is 6.41. The van der Waals surface area contributed by atoms with Gasteiger partial charge in [0.05, 0.1) is 10.8 Å². The minimum atomic E-state index is -3.56. The van der Waals surface area contributed by atoms with Crippen LogP contribution in [0.1, 0.15) is 26.2 Å². The predicted molar refractivity (Wildman–Crippen MR) is 130 cm³/mol. The van der Waals surface area contributed by atoms with E-state index in [1.54, 1.807) is 35.2 Å². The minimum absolute atomic E-state index is 0.0971. The van der Waals surface area contributed by atoms with Crippen LogP contribution in [0.4, 0.5) is 11.4 Å². The first-order valence-electron chi connectivity index (χ1n) is 11.9. The van der Waals surface area contributed by atoms with Gasteiger partial charge in [-0.15, -0.1) is 0 Å². The van der Waals surface area contributed by atoms with Crippen molar-refractivity contribution >= 4 is 33.2 Å². The molecular weight excluding hydrogens is 470 g/mol. The smallest absolute Gasteiger partial charge is 0.243 e. The van der Waals surface area contributed by atoms with Gasteiger partial charge in [0.1, 0.15) is 13.2 Å². The predicted octanol–water partition coefficient (Wildman–Crippen LogP) is 2.87. The van der Waals surface area contributed by atoms with E-state index in [9.17, 15) is 18.0 Å². The highest BCUT2D eigenvalue weighted by Gasteiger charge is 2.36. The van der Waals surface area contributed by atoms with E-state index in [1.807, 2.05) is 0 Å². The molecule has 2 saturated heterocycles. The molecule has 0 bridgehead atoms. The molecule has 9 nitrogen and oxygen atoms in total. The first-order valence-corrected chi connectivity index (χ1v) is 13.4. The van der Waals surface area contributed by atoms with Gasteiger partial charge in [0.25, 0.3) is 0 Å². The van der Waals surface area contributed by atoms with E-state index in [0.29, 0.717) is 55.1 Å². The summed E-state index contributed by atoms with van der Waals surface area (Å²) in [7, 11) is -3.56. The van der Waals surface area contributed by atoms with Gasteiger partial charge in [-0.25, -0.2) is 8.42 Å². The van der Waals surface area contributed by atoms with E-state index in [0.717, 1.165) is 12.8 Å². The maximum absolute atomic E-state index is 13.0. The fraction of sp³-hybridized carbons (Fsp3) is 0.440.